The van der Waals surface area contributed by atoms with Gasteiger partial charge in [-0.3, -0.25) is 9.59 Å². The van der Waals surface area contributed by atoms with Crippen LogP contribution in [0.3, 0.4) is 0 Å². The summed E-state index contributed by atoms with van der Waals surface area (Å²) >= 11 is 5.88. The van der Waals surface area contributed by atoms with E-state index in [-0.39, 0.29) is 29.3 Å². The number of fused-ring (bicyclic) bond motifs is 1. The van der Waals surface area contributed by atoms with Crippen molar-refractivity contribution in [3.8, 4) is 0 Å². The third-order valence-corrected chi connectivity index (χ3v) is 6.93. The number of hydrogen-bond acceptors (Lipinski definition) is 5. The first-order valence-corrected chi connectivity index (χ1v) is 11.7. The molecule has 0 unspecified atom stereocenters. The second-order valence-electron chi connectivity index (χ2n) is 7.49. The third-order valence-electron chi connectivity index (χ3n) is 5.08. The molecule has 4 aromatic rings. The molecular weight excluding hydrogens is 448 g/mol. The number of benzene rings is 3. The number of carbonyl (C=O) groups excluding carboxylic acids is 2. The van der Waals surface area contributed by atoms with Crippen molar-refractivity contribution in [1.82, 2.24) is 9.19 Å². The first kappa shape index (κ1) is 21.9. The van der Waals surface area contributed by atoms with Crippen LogP contribution in [0.5, 0.6) is 0 Å². The predicted octanol–water partition coefficient (Wildman–Crippen LogP) is 4.48. The number of carbonyl (C=O) groups is 2. The molecule has 0 aliphatic rings. The molecule has 8 heteroatoms. The van der Waals surface area contributed by atoms with E-state index in [9.17, 15) is 18.0 Å². The maximum absolute atomic E-state index is 13.2. The Labute approximate surface area is 190 Å². The Morgan fingerprint density at radius 1 is 0.938 bits per heavy atom. The summed E-state index contributed by atoms with van der Waals surface area (Å²) < 4.78 is 27.3. The van der Waals surface area contributed by atoms with Crippen LogP contribution in [0, 0.1) is 0 Å². The Morgan fingerprint density at radius 2 is 1.62 bits per heavy atom. The minimum atomic E-state index is -4.02. The van der Waals surface area contributed by atoms with E-state index in [0.29, 0.717) is 27.1 Å². The minimum Gasteiger partial charge on any atom is -0.299 e. The van der Waals surface area contributed by atoms with Crippen molar-refractivity contribution in [2.24, 2.45) is 0 Å². The fourth-order valence-corrected chi connectivity index (χ4v) is 4.88. The highest BCUT2D eigenvalue weighted by Gasteiger charge is 2.21. The van der Waals surface area contributed by atoms with Crippen LogP contribution < -0.4 is 0 Å². The van der Waals surface area contributed by atoms with E-state index in [1.54, 1.807) is 48.5 Å². The van der Waals surface area contributed by atoms with Crippen molar-refractivity contribution in [1.29, 1.82) is 0 Å². The SMILES string of the molecule is CC(=O)c1cccc(S(=O)(=O)n2ncc3ccc(CC(=O)Cc4ccc(Cl)cc4)cc32)c1. The molecule has 0 saturated heterocycles. The molecule has 3 aromatic carbocycles. The lowest BCUT2D eigenvalue weighted by Crippen LogP contribution is -2.15. The summed E-state index contributed by atoms with van der Waals surface area (Å²) in [6.07, 6.45) is 1.87. The maximum Gasteiger partial charge on any atom is 0.283 e. The van der Waals surface area contributed by atoms with Gasteiger partial charge in [0.05, 0.1) is 16.6 Å². The van der Waals surface area contributed by atoms with Crippen molar-refractivity contribution in [3.63, 3.8) is 0 Å². The Balaban J connectivity index is 1.64. The van der Waals surface area contributed by atoms with E-state index in [2.05, 4.69) is 5.10 Å². The molecule has 1 heterocycles. The highest BCUT2D eigenvalue weighted by atomic mass is 35.5. The van der Waals surface area contributed by atoms with Crippen LogP contribution >= 0.6 is 11.6 Å². The Morgan fingerprint density at radius 3 is 2.34 bits per heavy atom. The number of rotatable bonds is 7. The monoisotopic (exact) mass is 466 g/mol. The lowest BCUT2D eigenvalue weighted by molar-refractivity contribution is -0.117. The molecule has 0 aliphatic carbocycles. The zero-order valence-electron chi connectivity index (χ0n) is 17.2. The third kappa shape index (κ3) is 4.49. The summed E-state index contributed by atoms with van der Waals surface area (Å²) in [7, 11) is -4.02. The lowest BCUT2D eigenvalue weighted by atomic mass is 10.0. The number of Topliss-reactive ketones (excluding diaryl/α,β-unsaturated/α-hetero) is 2. The summed E-state index contributed by atoms with van der Waals surface area (Å²) in [5, 5.41) is 5.30. The van der Waals surface area contributed by atoms with Crippen LogP contribution in [-0.4, -0.2) is 29.2 Å². The zero-order chi connectivity index (χ0) is 22.9. The molecule has 4 rings (SSSR count). The van der Waals surface area contributed by atoms with Gasteiger partial charge in [-0.05, 0) is 48.4 Å². The minimum absolute atomic E-state index is 0.00486. The normalized spacial score (nSPS) is 11.6. The highest BCUT2D eigenvalue weighted by Crippen LogP contribution is 2.23. The molecule has 0 saturated carbocycles. The molecular formula is C24H19ClN2O4S. The molecule has 0 N–H and O–H groups in total. The molecule has 0 aliphatic heterocycles. The van der Waals surface area contributed by atoms with Gasteiger partial charge in [-0.15, -0.1) is 0 Å². The number of nitrogens with zero attached hydrogens (tertiary/aromatic N) is 2. The average Bonchev–Trinajstić information content (AvgIpc) is 3.19. The second-order valence-corrected chi connectivity index (χ2v) is 9.69. The fourth-order valence-electron chi connectivity index (χ4n) is 3.44. The number of hydrogen-bond donors (Lipinski definition) is 0. The molecule has 0 fully saturated rings. The van der Waals surface area contributed by atoms with Crippen LogP contribution in [0.25, 0.3) is 10.9 Å². The average molecular weight is 467 g/mol. The maximum atomic E-state index is 13.2. The van der Waals surface area contributed by atoms with Crippen molar-refractivity contribution >= 4 is 44.1 Å². The van der Waals surface area contributed by atoms with Gasteiger partial charge in [0.15, 0.2) is 5.78 Å². The molecule has 0 amide bonds. The van der Waals surface area contributed by atoms with Gasteiger partial charge in [0.2, 0.25) is 0 Å². The zero-order valence-corrected chi connectivity index (χ0v) is 18.7. The van der Waals surface area contributed by atoms with E-state index in [4.69, 9.17) is 11.6 Å². The van der Waals surface area contributed by atoms with Gasteiger partial charge in [-0.1, -0.05) is 48.0 Å². The van der Waals surface area contributed by atoms with E-state index in [1.807, 2.05) is 0 Å². The number of aromatic nitrogens is 2. The van der Waals surface area contributed by atoms with Crippen LogP contribution in [0.15, 0.2) is 77.8 Å². The Hall–Kier alpha value is -3.29. The summed E-state index contributed by atoms with van der Waals surface area (Å²) in [5.74, 6) is -0.233. The van der Waals surface area contributed by atoms with Gasteiger partial charge >= 0.3 is 0 Å². The van der Waals surface area contributed by atoms with E-state index < -0.39 is 10.0 Å². The van der Waals surface area contributed by atoms with Crippen LogP contribution in [0.4, 0.5) is 0 Å². The van der Waals surface area contributed by atoms with E-state index >= 15 is 0 Å². The van der Waals surface area contributed by atoms with Crippen LogP contribution in [0.2, 0.25) is 5.02 Å². The standard InChI is InChI=1S/C24H19ClN2O4S/c1-16(28)19-3-2-4-23(14-19)32(30,31)27-24-13-18(5-8-20(24)15-26-27)12-22(29)11-17-6-9-21(25)10-7-17/h2-10,13-15H,11-12H2,1H3. The van der Waals surface area contributed by atoms with Gasteiger partial charge in [0, 0.05) is 28.8 Å². The molecule has 32 heavy (non-hydrogen) atoms. The van der Waals surface area contributed by atoms with Gasteiger partial charge in [0.1, 0.15) is 5.78 Å². The fraction of sp³-hybridized carbons (Fsp3) is 0.125. The summed E-state index contributed by atoms with van der Waals surface area (Å²) in [6.45, 7) is 1.38. The summed E-state index contributed by atoms with van der Waals surface area (Å²) in [5.41, 5.74) is 2.22. The van der Waals surface area contributed by atoms with Crippen molar-refractivity contribution in [3.05, 3.63) is 94.6 Å². The van der Waals surface area contributed by atoms with Gasteiger partial charge in [-0.2, -0.15) is 17.6 Å². The number of ketones is 2. The summed E-state index contributed by atoms with van der Waals surface area (Å²) in [4.78, 5) is 24.2. The second kappa shape index (κ2) is 8.68. The first-order chi connectivity index (χ1) is 15.2. The molecule has 6 nitrogen and oxygen atoms in total. The largest absolute Gasteiger partial charge is 0.299 e. The van der Waals surface area contributed by atoms with E-state index in [1.165, 1.54) is 31.3 Å². The number of halogens is 1. The smallest absolute Gasteiger partial charge is 0.283 e. The molecule has 0 atom stereocenters. The molecule has 0 spiro atoms. The molecule has 1 aromatic heterocycles. The van der Waals surface area contributed by atoms with E-state index in [0.717, 1.165) is 9.65 Å². The van der Waals surface area contributed by atoms with Gasteiger partial charge in [0.25, 0.3) is 10.0 Å². The molecule has 162 valence electrons. The highest BCUT2D eigenvalue weighted by molar-refractivity contribution is 7.90. The first-order valence-electron chi connectivity index (χ1n) is 9.83. The Kier molecular flexibility index (Phi) is 5.95. The predicted molar refractivity (Wildman–Crippen MR) is 123 cm³/mol. The lowest BCUT2D eigenvalue weighted by Gasteiger charge is -2.08. The molecule has 0 radical (unpaired) electrons. The van der Waals surface area contributed by atoms with Crippen LogP contribution in [-0.2, 0) is 27.7 Å². The van der Waals surface area contributed by atoms with Gasteiger partial charge in [-0.25, -0.2) is 0 Å². The van der Waals surface area contributed by atoms with Crippen molar-refractivity contribution in [2.45, 2.75) is 24.7 Å². The quantitative estimate of drug-likeness (QED) is 0.375. The van der Waals surface area contributed by atoms with Crippen molar-refractivity contribution < 1.29 is 18.0 Å². The Bertz CT molecular complexity index is 1440. The topological polar surface area (TPSA) is 86.1 Å². The summed E-state index contributed by atoms with van der Waals surface area (Å²) in [6, 6.07) is 18.1. The molecule has 0 bridgehead atoms. The van der Waals surface area contributed by atoms with Crippen molar-refractivity contribution in [2.75, 3.05) is 0 Å². The van der Waals surface area contributed by atoms with Crippen LogP contribution in [0.1, 0.15) is 28.4 Å². The van der Waals surface area contributed by atoms with Gasteiger partial charge < -0.3 is 0 Å².